The molecular weight excluding hydrogens is 180 g/mol. The second kappa shape index (κ2) is 3.05. The molecule has 3 rings (SSSR count). The number of hydrogen-bond acceptors (Lipinski definition) is 3. The van der Waals surface area contributed by atoms with Gasteiger partial charge in [-0.15, -0.1) is 0 Å². The third kappa shape index (κ3) is 1.09. The van der Waals surface area contributed by atoms with Crippen LogP contribution >= 0.6 is 0 Å². The highest BCUT2D eigenvalue weighted by molar-refractivity contribution is 5.07. The number of aliphatic hydroxyl groups excluding tert-OH is 1. The van der Waals surface area contributed by atoms with E-state index in [1.165, 1.54) is 0 Å². The molecule has 14 heavy (non-hydrogen) atoms. The van der Waals surface area contributed by atoms with Crippen molar-refractivity contribution in [2.24, 2.45) is 11.8 Å². The van der Waals surface area contributed by atoms with E-state index >= 15 is 0 Å². The lowest BCUT2D eigenvalue weighted by Gasteiger charge is -2.32. The molecule has 2 fully saturated rings. The van der Waals surface area contributed by atoms with Gasteiger partial charge in [0.05, 0.1) is 19.3 Å². The van der Waals surface area contributed by atoms with Crippen LogP contribution in [0.25, 0.3) is 0 Å². The molecule has 0 amide bonds. The Morgan fingerprint density at radius 2 is 1.86 bits per heavy atom. The van der Waals surface area contributed by atoms with E-state index < -0.39 is 5.79 Å². The minimum atomic E-state index is -0.450. The Labute approximate surface area is 83.7 Å². The van der Waals surface area contributed by atoms with Crippen LogP contribution in [0.2, 0.25) is 0 Å². The van der Waals surface area contributed by atoms with Gasteiger partial charge in [-0.2, -0.15) is 0 Å². The first kappa shape index (κ1) is 8.89. The van der Waals surface area contributed by atoms with Crippen molar-refractivity contribution in [2.45, 2.75) is 31.2 Å². The van der Waals surface area contributed by atoms with Crippen molar-refractivity contribution in [2.75, 3.05) is 13.2 Å². The van der Waals surface area contributed by atoms with Crippen LogP contribution in [0.3, 0.4) is 0 Å². The van der Waals surface area contributed by atoms with Crippen molar-refractivity contribution in [1.82, 2.24) is 0 Å². The quantitative estimate of drug-likeness (QED) is 0.589. The topological polar surface area (TPSA) is 38.7 Å². The first-order valence-electron chi connectivity index (χ1n) is 5.43. The van der Waals surface area contributed by atoms with Crippen LogP contribution in [0.15, 0.2) is 12.2 Å². The molecule has 0 bridgehead atoms. The fourth-order valence-electron chi connectivity index (χ4n) is 3.16. The maximum Gasteiger partial charge on any atom is 0.174 e. The molecule has 1 saturated heterocycles. The highest BCUT2D eigenvalue weighted by Gasteiger charge is 2.56. The third-order valence-corrected chi connectivity index (χ3v) is 3.81. The average Bonchev–Trinajstić information content (AvgIpc) is 2.77. The molecule has 78 valence electrons. The van der Waals surface area contributed by atoms with E-state index in [1.807, 2.05) is 0 Å². The number of rotatable bonds is 0. The van der Waals surface area contributed by atoms with Crippen LogP contribution in [0.4, 0.5) is 0 Å². The smallest absolute Gasteiger partial charge is 0.174 e. The molecule has 1 aliphatic heterocycles. The third-order valence-electron chi connectivity index (χ3n) is 3.81. The molecule has 3 heteroatoms. The maximum absolute atomic E-state index is 9.96. The van der Waals surface area contributed by atoms with Crippen LogP contribution in [-0.2, 0) is 9.47 Å². The Hall–Kier alpha value is -0.380. The predicted molar refractivity (Wildman–Crippen MR) is 50.6 cm³/mol. The number of allylic oxidation sites excluding steroid dienone is 2. The minimum absolute atomic E-state index is 0.247. The molecule has 0 aromatic carbocycles. The van der Waals surface area contributed by atoms with E-state index in [-0.39, 0.29) is 6.10 Å². The van der Waals surface area contributed by atoms with Crippen molar-refractivity contribution >= 4 is 0 Å². The highest BCUT2D eigenvalue weighted by Crippen LogP contribution is 2.50. The SMILES string of the molecule is OC1CC2(OCCO2)[C@@H]2CC=CC[C@@H]12. The second-order valence-corrected chi connectivity index (χ2v) is 4.49. The molecule has 3 atom stereocenters. The summed E-state index contributed by atoms with van der Waals surface area (Å²) in [5.41, 5.74) is 0. The fourth-order valence-corrected chi connectivity index (χ4v) is 3.16. The molecule has 0 radical (unpaired) electrons. The Morgan fingerprint density at radius 3 is 2.64 bits per heavy atom. The summed E-state index contributed by atoms with van der Waals surface area (Å²) in [7, 11) is 0. The highest BCUT2D eigenvalue weighted by atomic mass is 16.7. The van der Waals surface area contributed by atoms with Gasteiger partial charge in [-0.3, -0.25) is 0 Å². The van der Waals surface area contributed by atoms with Crippen LogP contribution in [0.1, 0.15) is 19.3 Å². The van der Waals surface area contributed by atoms with Gasteiger partial charge in [-0.05, 0) is 18.8 Å². The molecule has 1 saturated carbocycles. The molecule has 0 aromatic rings. The van der Waals surface area contributed by atoms with E-state index in [2.05, 4.69) is 12.2 Å². The standard InChI is InChI=1S/C11H16O3/c12-10-7-11(13-5-6-14-11)9-4-2-1-3-8(9)10/h1-2,8-10,12H,3-7H2/t8-,9-,10?/m1/s1. The molecular formula is C11H16O3. The zero-order valence-corrected chi connectivity index (χ0v) is 8.19. The molecule has 3 aliphatic rings. The number of ether oxygens (including phenoxy) is 2. The summed E-state index contributed by atoms with van der Waals surface area (Å²) in [6.45, 7) is 1.36. The summed E-state index contributed by atoms with van der Waals surface area (Å²) in [6, 6.07) is 0. The summed E-state index contributed by atoms with van der Waals surface area (Å²) in [6.07, 6.45) is 6.72. The number of hydrogen-bond donors (Lipinski definition) is 1. The second-order valence-electron chi connectivity index (χ2n) is 4.49. The van der Waals surface area contributed by atoms with Crippen molar-refractivity contribution in [1.29, 1.82) is 0 Å². The lowest BCUT2D eigenvalue weighted by molar-refractivity contribution is -0.187. The van der Waals surface area contributed by atoms with Gasteiger partial charge >= 0.3 is 0 Å². The lowest BCUT2D eigenvalue weighted by Crippen LogP contribution is -2.37. The first-order valence-corrected chi connectivity index (χ1v) is 5.43. The first-order chi connectivity index (χ1) is 6.82. The van der Waals surface area contributed by atoms with E-state index in [0.29, 0.717) is 31.5 Å². The Morgan fingerprint density at radius 1 is 1.14 bits per heavy atom. The van der Waals surface area contributed by atoms with Crippen molar-refractivity contribution in [3.8, 4) is 0 Å². The summed E-state index contributed by atoms with van der Waals surface area (Å²) in [4.78, 5) is 0. The number of fused-ring (bicyclic) bond motifs is 2. The molecule has 1 unspecified atom stereocenters. The molecule has 0 aromatic heterocycles. The maximum atomic E-state index is 9.96. The molecule has 1 heterocycles. The van der Waals surface area contributed by atoms with Gasteiger partial charge in [0.1, 0.15) is 0 Å². The summed E-state index contributed by atoms with van der Waals surface area (Å²) in [5, 5.41) is 9.96. The predicted octanol–water partition coefficient (Wildman–Crippen LogP) is 1.08. The average molecular weight is 196 g/mol. The summed E-state index contributed by atoms with van der Waals surface area (Å²) < 4.78 is 11.5. The van der Waals surface area contributed by atoms with E-state index in [4.69, 9.17) is 9.47 Å². The van der Waals surface area contributed by atoms with E-state index in [1.54, 1.807) is 0 Å². The fraction of sp³-hybridized carbons (Fsp3) is 0.818. The van der Waals surface area contributed by atoms with Gasteiger partial charge in [0.2, 0.25) is 0 Å². The Balaban J connectivity index is 1.90. The van der Waals surface area contributed by atoms with Gasteiger partial charge in [-0.1, -0.05) is 12.2 Å². The Kier molecular flexibility index (Phi) is 1.94. The van der Waals surface area contributed by atoms with Gasteiger partial charge in [-0.25, -0.2) is 0 Å². The molecule has 1 spiro atoms. The summed E-state index contributed by atoms with van der Waals surface area (Å²) >= 11 is 0. The van der Waals surface area contributed by atoms with Crippen LogP contribution in [-0.4, -0.2) is 30.2 Å². The summed E-state index contributed by atoms with van der Waals surface area (Å²) in [5.74, 6) is 0.262. The lowest BCUT2D eigenvalue weighted by atomic mass is 9.83. The van der Waals surface area contributed by atoms with Gasteiger partial charge in [0.25, 0.3) is 0 Å². The van der Waals surface area contributed by atoms with Gasteiger partial charge in [0.15, 0.2) is 5.79 Å². The van der Waals surface area contributed by atoms with Gasteiger partial charge in [0, 0.05) is 12.3 Å². The van der Waals surface area contributed by atoms with Crippen molar-refractivity contribution in [3.63, 3.8) is 0 Å². The molecule has 1 N–H and O–H groups in total. The van der Waals surface area contributed by atoms with Crippen molar-refractivity contribution in [3.05, 3.63) is 12.2 Å². The van der Waals surface area contributed by atoms with Crippen LogP contribution in [0.5, 0.6) is 0 Å². The Bertz CT molecular complexity index is 255. The van der Waals surface area contributed by atoms with E-state index in [9.17, 15) is 5.11 Å². The minimum Gasteiger partial charge on any atom is -0.393 e. The van der Waals surface area contributed by atoms with E-state index in [0.717, 1.165) is 12.8 Å². The normalized spacial score (nSPS) is 44.5. The monoisotopic (exact) mass is 196 g/mol. The largest absolute Gasteiger partial charge is 0.393 e. The molecule has 2 aliphatic carbocycles. The van der Waals surface area contributed by atoms with Crippen LogP contribution < -0.4 is 0 Å². The zero-order chi connectivity index (χ0) is 9.60. The van der Waals surface area contributed by atoms with Crippen molar-refractivity contribution < 1.29 is 14.6 Å². The zero-order valence-electron chi connectivity index (χ0n) is 8.19. The van der Waals surface area contributed by atoms with Gasteiger partial charge < -0.3 is 14.6 Å². The molecule has 3 nitrogen and oxygen atoms in total. The van der Waals surface area contributed by atoms with Crippen LogP contribution in [0, 0.1) is 11.8 Å². The number of aliphatic hydroxyl groups is 1.